The summed E-state index contributed by atoms with van der Waals surface area (Å²) < 4.78 is 13.8. The minimum Gasteiger partial charge on any atom is -0.379 e. The summed E-state index contributed by atoms with van der Waals surface area (Å²) in [5.41, 5.74) is 3.45. The zero-order chi connectivity index (χ0) is 13.9. The van der Waals surface area contributed by atoms with E-state index in [4.69, 9.17) is 0 Å². The SMILES string of the molecule is Cc1ccc(NCc2cccc3cccnc23)c(F)c1. The predicted molar refractivity (Wildman–Crippen MR) is 80.2 cm³/mol. The van der Waals surface area contributed by atoms with Crippen LogP contribution in [-0.2, 0) is 6.54 Å². The molecule has 0 aliphatic heterocycles. The highest BCUT2D eigenvalue weighted by Crippen LogP contribution is 2.19. The van der Waals surface area contributed by atoms with Crippen molar-refractivity contribution in [3.63, 3.8) is 0 Å². The normalized spacial score (nSPS) is 10.7. The number of halogens is 1. The molecule has 3 aromatic rings. The van der Waals surface area contributed by atoms with E-state index in [0.717, 1.165) is 22.0 Å². The third kappa shape index (κ3) is 2.48. The van der Waals surface area contributed by atoms with Crippen LogP contribution in [0.2, 0.25) is 0 Å². The second-order valence-electron chi connectivity index (χ2n) is 4.83. The molecule has 1 heterocycles. The number of nitrogens with one attached hydrogen (secondary N) is 1. The molecule has 0 atom stereocenters. The first-order valence-electron chi connectivity index (χ1n) is 6.57. The van der Waals surface area contributed by atoms with Crippen molar-refractivity contribution in [2.75, 3.05) is 5.32 Å². The molecule has 0 amide bonds. The van der Waals surface area contributed by atoms with E-state index in [-0.39, 0.29) is 5.82 Å². The standard InChI is InChI=1S/C17H15FN2/c1-12-7-8-16(15(18)10-12)20-11-14-5-2-4-13-6-3-9-19-17(13)14/h2-10,20H,11H2,1H3. The van der Waals surface area contributed by atoms with Crippen LogP contribution in [0.5, 0.6) is 0 Å². The Morgan fingerprint density at radius 3 is 2.80 bits per heavy atom. The molecule has 0 aliphatic carbocycles. The first-order valence-corrected chi connectivity index (χ1v) is 6.57. The van der Waals surface area contributed by atoms with Crippen molar-refractivity contribution < 1.29 is 4.39 Å². The van der Waals surface area contributed by atoms with Gasteiger partial charge in [0.05, 0.1) is 11.2 Å². The number of pyridine rings is 1. The molecule has 0 bridgehead atoms. The van der Waals surface area contributed by atoms with Crippen LogP contribution in [-0.4, -0.2) is 4.98 Å². The topological polar surface area (TPSA) is 24.9 Å². The van der Waals surface area contributed by atoms with Crippen LogP contribution in [0.4, 0.5) is 10.1 Å². The minimum absolute atomic E-state index is 0.224. The average Bonchev–Trinajstić information content (AvgIpc) is 2.46. The zero-order valence-corrected chi connectivity index (χ0v) is 11.2. The van der Waals surface area contributed by atoms with Crippen LogP contribution < -0.4 is 5.32 Å². The maximum absolute atomic E-state index is 13.8. The maximum atomic E-state index is 13.8. The van der Waals surface area contributed by atoms with Gasteiger partial charge in [0.25, 0.3) is 0 Å². The fourth-order valence-electron chi connectivity index (χ4n) is 2.26. The highest BCUT2D eigenvalue weighted by atomic mass is 19.1. The van der Waals surface area contributed by atoms with Gasteiger partial charge in [-0.1, -0.05) is 30.3 Å². The number of benzene rings is 2. The Morgan fingerprint density at radius 2 is 1.95 bits per heavy atom. The van der Waals surface area contributed by atoms with Crippen LogP contribution in [0.25, 0.3) is 10.9 Å². The second kappa shape index (κ2) is 5.29. The Hall–Kier alpha value is -2.42. The summed E-state index contributed by atoms with van der Waals surface area (Å²) in [7, 11) is 0. The van der Waals surface area contributed by atoms with Gasteiger partial charge < -0.3 is 5.32 Å². The van der Waals surface area contributed by atoms with Crippen molar-refractivity contribution in [1.29, 1.82) is 0 Å². The van der Waals surface area contributed by atoms with Gasteiger partial charge in [0, 0.05) is 18.1 Å². The number of aromatic nitrogens is 1. The van der Waals surface area contributed by atoms with Crippen LogP contribution >= 0.6 is 0 Å². The number of aryl methyl sites for hydroxylation is 1. The number of anilines is 1. The summed E-state index contributed by atoms with van der Waals surface area (Å²) in [6, 6.07) is 15.2. The van der Waals surface area contributed by atoms with Gasteiger partial charge in [-0.3, -0.25) is 4.98 Å². The van der Waals surface area contributed by atoms with Gasteiger partial charge in [-0.2, -0.15) is 0 Å². The molecule has 2 nitrogen and oxygen atoms in total. The predicted octanol–water partition coefficient (Wildman–Crippen LogP) is 4.29. The molecule has 1 N–H and O–H groups in total. The van der Waals surface area contributed by atoms with E-state index in [2.05, 4.69) is 10.3 Å². The van der Waals surface area contributed by atoms with Crippen LogP contribution in [0.1, 0.15) is 11.1 Å². The number of rotatable bonds is 3. The molecule has 0 aliphatic rings. The molecule has 2 aromatic carbocycles. The summed E-state index contributed by atoms with van der Waals surface area (Å²) in [5, 5.41) is 4.23. The molecule has 0 spiro atoms. The van der Waals surface area contributed by atoms with Gasteiger partial charge in [0.1, 0.15) is 5.82 Å². The first kappa shape index (κ1) is 12.6. The zero-order valence-electron chi connectivity index (χ0n) is 11.2. The lowest BCUT2D eigenvalue weighted by molar-refractivity contribution is 0.629. The van der Waals surface area contributed by atoms with Gasteiger partial charge in [0.2, 0.25) is 0 Å². The Balaban J connectivity index is 1.87. The fourth-order valence-corrected chi connectivity index (χ4v) is 2.26. The van der Waals surface area contributed by atoms with E-state index in [1.165, 1.54) is 6.07 Å². The molecule has 0 radical (unpaired) electrons. The molecule has 1 aromatic heterocycles. The number of fused-ring (bicyclic) bond motifs is 1. The van der Waals surface area contributed by atoms with Crippen molar-refractivity contribution in [1.82, 2.24) is 4.98 Å². The summed E-state index contributed by atoms with van der Waals surface area (Å²) in [6.07, 6.45) is 1.78. The summed E-state index contributed by atoms with van der Waals surface area (Å²) in [4.78, 5) is 4.40. The van der Waals surface area contributed by atoms with E-state index in [1.807, 2.05) is 43.3 Å². The molecule has 0 fully saturated rings. The molecular formula is C17H15FN2. The highest BCUT2D eigenvalue weighted by molar-refractivity contribution is 5.81. The van der Waals surface area contributed by atoms with Crippen molar-refractivity contribution in [2.24, 2.45) is 0 Å². The first-order chi connectivity index (χ1) is 9.74. The Bertz CT molecular complexity index is 748. The van der Waals surface area contributed by atoms with Gasteiger partial charge in [0.15, 0.2) is 0 Å². The highest BCUT2D eigenvalue weighted by Gasteiger charge is 2.04. The van der Waals surface area contributed by atoms with E-state index in [0.29, 0.717) is 12.2 Å². The van der Waals surface area contributed by atoms with Gasteiger partial charge in [-0.15, -0.1) is 0 Å². The van der Waals surface area contributed by atoms with E-state index in [9.17, 15) is 4.39 Å². The number of hydrogen-bond donors (Lipinski definition) is 1. The molecule has 0 saturated carbocycles. The largest absolute Gasteiger partial charge is 0.379 e. The molecule has 3 rings (SSSR count). The summed E-state index contributed by atoms with van der Waals surface area (Å²) in [6.45, 7) is 2.43. The summed E-state index contributed by atoms with van der Waals surface area (Å²) in [5.74, 6) is -0.224. The van der Waals surface area contributed by atoms with Crippen molar-refractivity contribution >= 4 is 16.6 Å². The third-order valence-electron chi connectivity index (χ3n) is 3.31. The lowest BCUT2D eigenvalue weighted by Crippen LogP contribution is -2.02. The van der Waals surface area contributed by atoms with Gasteiger partial charge in [-0.25, -0.2) is 4.39 Å². The Labute approximate surface area is 117 Å². The van der Waals surface area contributed by atoms with Crippen molar-refractivity contribution in [2.45, 2.75) is 13.5 Å². The number of para-hydroxylation sites is 1. The quantitative estimate of drug-likeness (QED) is 0.764. The molecule has 100 valence electrons. The number of nitrogens with zero attached hydrogens (tertiary/aromatic N) is 1. The van der Waals surface area contributed by atoms with Crippen LogP contribution in [0.3, 0.4) is 0 Å². The molecular weight excluding hydrogens is 251 g/mol. The van der Waals surface area contributed by atoms with E-state index in [1.54, 1.807) is 12.3 Å². The smallest absolute Gasteiger partial charge is 0.146 e. The van der Waals surface area contributed by atoms with Crippen LogP contribution in [0.15, 0.2) is 54.7 Å². The summed E-state index contributed by atoms with van der Waals surface area (Å²) >= 11 is 0. The molecule has 3 heteroatoms. The number of hydrogen-bond acceptors (Lipinski definition) is 2. The molecule has 0 saturated heterocycles. The monoisotopic (exact) mass is 266 g/mol. The van der Waals surface area contributed by atoms with Gasteiger partial charge >= 0.3 is 0 Å². The second-order valence-corrected chi connectivity index (χ2v) is 4.83. The fraction of sp³-hybridized carbons (Fsp3) is 0.118. The third-order valence-corrected chi connectivity index (χ3v) is 3.31. The molecule has 0 unspecified atom stereocenters. The molecule has 20 heavy (non-hydrogen) atoms. The van der Waals surface area contributed by atoms with Crippen molar-refractivity contribution in [3.05, 3.63) is 71.7 Å². The van der Waals surface area contributed by atoms with E-state index < -0.39 is 0 Å². The maximum Gasteiger partial charge on any atom is 0.146 e. The Kier molecular flexibility index (Phi) is 3.33. The Morgan fingerprint density at radius 1 is 1.10 bits per heavy atom. The average molecular weight is 266 g/mol. The van der Waals surface area contributed by atoms with Crippen molar-refractivity contribution in [3.8, 4) is 0 Å². The lowest BCUT2D eigenvalue weighted by Gasteiger charge is -2.10. The minimum atomic E-state index is -0.224. The van der Waals surface area contributed by atoms with Gasteiger partial charge in [-0.05, 0) is 36.2 Å². The van der Waals surface area contributed by atoms with E-state index >= 15 is 0 Å². The lowest BCUT2D eigenvalue weighted by atomic mass is 10.1. The van der Waals surface area contributed by atoms with Crippen LogP contribution in [0, 0.1) is 12.7 Å².